The fraction of sp³-hybridized carbons (Fsp3) is 0.269. The Balaban J connectivity index is 1.42. The Hall–Kier alpha value is -3.56. The van der Waals surface area contributed by atoms with Crippen LogP contribution < -0.4 is 19.7 Å². The summed E-state index contributed by atoms with van der Waals surface area (Å²) < 4.78 is 38.8. The molecule has 3 aromatic carbocycles. The molecule has 2 N–H and O–H groups in total. The highest BCUT2D eigenvalue weighted by Gasteiger charge is 2.18. The summed E-state index contributed by atoms with van der Waals surface area (Å²) in [5, 5.41) is 2.89. The van der Waals surface area contributed by atoms with Gasteiger partial charge in [-0.3, -0.25) is 9.52 Å². The molecule has 184 valence electrons. The Labute approximate surface area is 205 Å². The molecular weight excluding hydrogens is 466 g/mol. The predicted octanol–water partition coefficient (Wildman–Crippen LogP) is 3.57. The van der Waals surface area contributed by atoms with E-state index in [-0.39, 0.29) is 10.8 Å². The van der Waals surface area contributed by atoms with Crippen LogP contribution in [0.2, 0.25) is 0 Å². The molecule has 1 saturated heterocycles. The first-order valence-corrected chi connectivity index (χ1v) is 12.8. The second kappa shape index (κ2) is 10.8. The van der Waals surface area contributed by atoms with E-state index < -0.39 is 10.0 Å². The first-order valence-electron chi connectivity index (χ1n) is 11.3. The molecule has 1 fully saturated rings. The van der Waals surface area contributed by atoms with Crippen molar-refractivity contribution in [2.45, 2.75) is 18.4 Å². The maximum atomic E-state index is 12.9. The number of benzene rings is 3. The topological polar surface area (TPSA) is 97.0 Å². The largest absolute Gasteiger partial charge is 0.497 e. The van der Waals surface area contributed by atoms with Crippen molar-refractivity contribution in [1.82, 2.24) is 5.32 Å². The first kappa shape index (κ1) is 24.6. The number of sulfonamides is 1. The summed E-state index contributed by atoms with van der Waals surface area (Å²) in [4.78, 5) is 15.2. The van der Waals surface area contributed by atoms with Gasteiger partial charge in [-0.15, -0.1) is 0 Å². The van der Waals surface area contributed by atoms with Crippen molar-refractivity contribution in [3.05, 3.63) is 83.4 Å². The minimum absolute atomic E-state index is 0.0129. The van der Waals surface area contributed by atoms with Gasteiger partial charge in [0.15, 0.2) is 0 Å². The third-order valence-corrected chi connectivity index (χ3v) is 7.25. The summed E-state index contributed by atoms with van der Waals surface area (Å²) >= 11 is 0. The standard InChI is InChI=1S/C26H29N3O5S/c1-19-3-12-24(35(31,32)28-21-6-10-23(33-2)11-7-21)17-25(19)26(30)27-18-20-4-8-22(9-5-20)29-13-15-34-16-14-29/h3-12,17,28H,13-16,18H2,1-2H3,(H,27,30). The Bertz CT molecular complexity index is 1270. The molecule has 0 saturated carbocycles. The van der Waals surface area contributed by atoms with Crippen molar-refractivity contribution in [3.63, 3.8) is 0 Å². The number of nitrogens with one attached hydrogen (secondary N) is 2. The number of rotatable bonds is 8. The highest BCUT2D eigenvalue weighted by Crippen LogP contribution is 2.22. The minimum Gasteiger partial charge on any atom is -0.497 e. The lowest BCUT2D eigenvalue weighted by atomic mass is 10.1. The third-order valence-electron chi connectivity index (χ3n) is 5.87. The van der Waals surface area contributed by atoms with E-state index in [4.69, 9.17) is 9.47 Å². The molecule has 0 radical (unpaired) electrons. The van der Waals surface area contributed by atoms with E-state index in [0.29, 0.717) is 29.1 Å². The summed E-state index contributed by atoms with van der Waals surface area (Å²) in [7, 11) is -2.33. The maximum Gasteiger partial charge on any atom is 0.261 e. The van der Waals surface area contributed by atoms with Crippen LogP contribution in [0.5, 0.6) is 5.75 Å². The fourth-order valence-electron chi connectivity index (χ4n) is 3.81. The van der Waals surface area contributed by atoms with Gasteiger partial charge in [-0.05, 0) is 66.6 Å². The number of methoxy groups -OCH3 is 1. The van der Waals surface area contributed by atoms with E-state index in [1.165, 1.54) is 12.1 Å². The van der Waals surface area contributed by atoms with Crippen LogP contribution in [0.3, 0.4) is 0 Å². The van der Waals surface area contributed by atoms with Crippen LogP contribution in [0.25, 0.3) is 0 Å². The van der Waals surface area contributed by atoms with Crippen LogP contribution in [-0.4, -0.2) is 47.7 Å². The van der Waals surface area contributed by atoms with E-state index in [1.54, 1.807) is 44.4 Å². The molecule has 0 bridgehead atoms. The number of hydrogen-bond acceptors (Lipinski definition) is 6. The second-order valence-electron chi connectivity index (χ2n) is 8.26. The summed E-state index contributed by atoms with van der Waals surface area (Å²) in [6.45, 7) is 5.29. The van der Waals surface area contributed by atoms with Gasteiger partial charge in [0.2, 0.25) is 0 Å². The van der Waals surface area contributed by atoms with Crippen LogP contribution in [0.1, 0.15) is 21.5 Å². The lowest BCUT2D eigenvalue weighted by molar-refractivity contribution is 0.0950. The van der Waals surface area contributed by atoms with Crippen molar-refractivity contribution < 1.29 is 22.7 Å². The molecule has 8 nitrogen and oxygen atoms in total. The highest BCUT2D eigenvalue weighted by atomic mass is 32.2. The molecule has 3 aromatic rings. The maximum absolute atomic E-state index is 12.9. The van der Waals surface area contributed by atoms with E-state index in [9.17, 15) is 13.2 Å². The van der Waals surface area contributed by atoms with Crippen LogP contribution in [0.4, 0.5) is 11.4 Å². The van der Waals surface area contributed by atoms with Crippen molar-refractivity contribution in [2.24, 2.45) is 0 Å². The van der Waals surface area contributed by atoms with Crippen molar-refractivity contribution in [2.75, 3.05) is 43.0 Å². The normalized spacial score (nSPS) is 13.8. The molecule has 1 heterocycles. The predicted molar refractivity (Wildman–Crippen MR) is 136 cm³/mol. The smallest absolute Gasteiger partial charge is 0.261 e. The number of hydrogen-bond donors (Lipinski definition) is 2. The summed E-state index contributed by atoms with van der Waals surface area (Å²) in [6, 6.07) is 19.1. The van der Waals surface area contributed by atoms with Gasteiger partial charge in [0.1, 0.15) is 5.75 Å². The molecule has 35 heavy (non-hydrogen) atoms. The van der Waals surface area contributed by atoms with Crippen LogP contribution in [-0.2, 0) is 21.3 Å². The number of nitrogens with zero attached hydrogens (tertiary/aromatic N) is 1. The fourth-order valence-corrected chi connectivity index (χ4v) is 4.89. The van der Waals surface area contributed by atoms with Crippen molar-refractivity contribution in [1.29, 1.82) is 0 Å². The van der Waals surface area contributed by atoms with Crippen LogP contribution >= 0.6 is 0 Å². The molecule has 1 amide bonds. The SMILES string of the molecule is COc1ccc(NS(=O)(=O)c2ccc(C)c(C(=O)NCc3ccc(N4CCOCC4)cc3)c2)cc1. The van der Waals surface area contributed by atoms with Gasteiger partial charge >= 0.3 is 0 Å². The molecule has 9 heteroatoms. The molecule has 0 aliphatic carbocycles. The number of amides is 1. The van der Waals surface area contributed by atoms with Gasteiger partial charge in [-0.2, -0.15) is 0 Å². The average molecular weight is 496 g/mol. The van der Waals surface area contributed by atoms with E-state index in [1.807, 2.05) is 24.3 Å². The van der Waals surface area contributed by atoms with E-state index >= 15 is 0 Å². The molecule has 0 atom stereocenters. The van der Waals surface area contributed by atoms with Gasteiger partial charge in [0.25, 0.3) is 15.9 Å². The van der Waals surface area contributed by atoms with Gasteiger partial charge in [0.05, 0.1) is 25.2 Å². The van der Waals surface area contributed by atoms with Gasteiger partial charge < -0.3 is 19.7 Å². The summed E-state index contributed by atoms with van der Waals surface area (Å²) in [6.07, 6.45) is 0. The number of ether oxygens (including phenoxy) is 2. The van der Waals surface area contributed by atoms with Crippen LogP contribution in [0, 0.1) is 6.92 Å². The van der Waals surface area contributed by atoms with Crippen LogP contribution in [0.15, 0.2) is 71.6 Å². The number of carbonyl (C=O) groups excluding carboxylic acids is 1. The average Bonchev–Trinajstić information content (AvgIpc) is 2.88. The first-order chi connectivity index (χ1) is 16.9. The number of aryl methyl sites for hydroxylation is 1. The molecule has 4 rings (SSSR count). The van der Waals surface area contributed by atoms with Gasteiger partial charge in [0, 0.05) is 36.6 Å². The molecule has 1 aliphatic rings. The number of carbonyl (C=O) groups is 1. The molecule has 0 aromatic heterocycles. The molecular formula is C26H29N3O5S. The molecule has 1 aliphatic heterocycles. The summed E-state index contributed by atoms with van der Waals surface area (Å²) in [5.74, 6) is 0.291. The number of anilines is 2. The zero-order valence-electron chi connectivity index (χ0n) is 19.8. The Morgan fingerprint density at radius 3 is 2.34 bits per heavy atom. The lowest BCUT2D eigenvalue weighted by Gasteiger charge is -2.28. The van der Waals surface area contributed by atoms with Gasteiger partial charge in [-0.25, -0.2) is 8.42 Å². The van der Waals surface area contributed by atoms with E-state index in [0.717, 1.165) is 37.6 Å². The Morgan fingerprint density at radius 2 is 1.69 bits per heavy atom. The Morgan fingerprint density at radius 1 is 1.00 bits per heavy atom. The number of morpholine rings is 1. The molecule has 0 unspecified atom stereocenters. The highest BCUT2D eigenvalue weighted by molar-refractivity contribution is 7.92. The lowest BCUT2D eigenvalue weighted by Crippen LogP contribution is -2.36. The second-order valence-corrected chi connectivity index (χ2v) is 9.94. The van der Waals surface area contributed by atoms with Crippen molar-refractivity contribution in [3.8, 4) is 5.75 Å². The molecule has 0 spiro atoms. The monoisotopic (exact) mass is 495 g/mol. The zero-order valence-corrected chi connectivity index (χ0v) is 20.6. The zero-order chi connectivity index (χ0) is 24.8. The summed E-state index contributed by atoms with van der Waals surface area (Å²) in [5.41, 5.74) is 3.48. The minimum atomic E-state index is -3.87. The quantitative estimate of drug-likeness (QED) is 0.496. The third kappa shape index (κ3) is 6.12. The van der Waals surface area contributed by atoms with E-state index in [2.05, 4.69) is 14.9 Å². The van der Waals surface area contributed by atoms with Gasteiger partial charge in [-0.1, -0.05) is 18.2 Å². The van der Waals surface area contributed by atoms with Crippen molar-refractivity contribution >= 4 is 27.3 Å². The Kier molecular flexibility index (Phi) is 7.57.